The van der Waals surface area contributed by atoms with Crippen LogP contribution in [0.3, 0.4) is 0 Å². The van der Waals surface area contributed by atoms with E-state index >= 15 is 0 Å². The second-order valence-corrected chi connectivity index (χ2v) is 5.41. The molecule has 1 fully saturated rings. The second-order valence-electron chi connectivity index (χ2n) is 5.41. The number of likely N-dealkylation sites (tertiary alicyclic amines) is 1. The van der Waals surface area contributed by atoms with Crippen LogP contribution in [0.15, 0.2) is 18.2 Å². The molecule has 0 aromatic heterocycles. The molecule has 1 aromatic rings. The molecule has 0 radical (unpaired) electrons. The standard InChI is InChI=1S/C14H18F2N2O.C2H6/c1-14(6-8-18(2)9-7-14)13(19)17-12-10(15)4-3-5-11(12)16;1-2/h3-5H,6-9H2,1-2H3,(H,17,19);1-2H3. The van der Waals surface area contributed by atoms with Crippen molar-refractivity contribution < 1.29 is 13.6 Å². The topological polar surface area (TPSA) is 32.3 Å². The van der Waals surface area contributed by atoms with Crippen molar-refractivity contribution in [2.45, 2.75) is 33.6 Å². The molecule has 1 aliphatic heterocycles. The van der Waals surface area contributed by atoms with Crippen molar-refractivity contribution in [3.63, 3.8) is 0 Å². The van der Waals surface area contributed by atoms with E-state index in [1.807, 2.05) is 27.8 Å². The SMILES string of the molecule is CC.CN1CCC(C)(C(=O)Nc2c(F)cccc2F)CC1. The summed E-state index contributed by atoms with van der Waals surface area (Å²) >= 11 is 0. The molecule has 1 heterocycles. The smallest absolute Gasteiger partial charge is 0.230 e. The van der Waals surface area contributed by atoms with Gasteiger partial charge in [-0.3, -0.25) is 4.79 Å². The van der Waals surface area contributed by atoms with E-state index in [0.29, 0.717) is 12.8 Å². The summed E-state index contributed by atoms with van der Waals surface area (Å²) in [7, 11) is 1.99. The van der Waals surface area contributed by atoms with Crippen molar-refractivity contribution in [1.82, 2.24) is 4.90 Å². The minimum absolute atomic E-state index is 0.315. The molecule has 0 bridgehead atoms. The number of nitrogens with one attached hydrogen (secondary N) is 1. The van der Waals surface area contributed by atoms with Gasteiger partial charge < -0.3 is 10.2 Å². The van der Waals surface area contributed by atoms with Crippen LogP contribution in [0.2, 0.25) is 0 Å². The van der Waals surface area contributed by atoms with E-state index in [2.05, 4.69) is 10.2 Å². The molecule has 21 heavy (non-hydrogen) atoms. The molecule has 1 amide bonds. The van der Waals surface area contributed by atoms with Crippen molar-refractivity contribution in [1.29, 1.82) is 0 Å². The van der Waals surface area contributed by atoms with E-state index in [4.69, 9.17) is 0 Å². The number of piperidine rings is 1. The highest BCUT2D eigenvalue weighted by molar-refractivity contribution is 5.95. The number of benzene rings is 1. The lowest BCUT2D eigenvalue weighted by atomic mass is 9.79. The van der Waals surface area contributed by atoms with Crippen LogP contribution in [-0.2, 0) is 4.79 Å². The zero-order chi connectivity index (χ0) is 16.0. The number of halogens is 2. The number of carbonyl (C=O) groups is 1. The van der Waals surface area contributed by atoms with Gasteiger partial charge in [-0.25, -0.2) is 8.78 Å². The molecule has 0 spiro atoms. The van der Waals surface area contributed by atoms with Gasteiger partial charge >= 0.3 is 0 Å². The Bertz CT molecular complexity index is 463. The maximum absolute atomic E-state index is 13.5. The van der Waals surface area contributed by atoms with Crippen molar-refractivity contribution in [2.75, 3.05) is 25.5 Å². The minimum atomic E-state index is -0.745. The zero-order valence-electron chi connectivity index (χ0n) is 13.2. The average Bonchev–Trinajstić information content (AvgIpc) is 2.48. The van der Waals surface area contributed by atoms with Gasteiger partial charge in [0.15, 0.2) is 0 Å². The first-order valence-corrected chi connectivity index (χ1v) is 7.36. The molecule has 1 aromatic carbocycles. The van der Waals surface area contributed by atoms with E-state index in [1.165, 1.54) is 6.07 Å². The number of amides is 1. The minimum Gasteiger partial charge on any atom is -0.321 e. The number of anilines is 1. The summed E-state index contributed by atoms with van der Waals surface area (Å²) in [5, 5.41) is 2.40. The molecule has 118 valence electrons. The summed E-state index contributed by atoms with van der Waals surface area (Å²) in [6.45, 7) is 7.46. The molecule has 3 nitrogen and oxygen atoms in total. The van der Waals surface area contributed by atoms with Gasteiger partial charge in [0.2, 0.25) is 5.91 Å². The number of carbonyl (C=O) groups excluding carboxylic acids is 1. The number of para-hydroxylation sites is 1. The maximum Gasteiger partial charge on any atom is 0.230 e. The molecular formula is C16H24F2N2O. The average molecular weight is 298 g/mol. The highest BCUT2D eigenvalue weighted by Gasteiger charge is 2.36. The van der Waals surface area contributed by atoms with Crippen molar-refractivity contribution in [2.24, 2.45) is 5.41 Å². The predicted molar refractivity (Wildman–Crippen MR) is 81.2 cm³/mol. The first kappa shape index (κ1) is 17.6. The van der Waals surface area contributed by atoms with E-state index in [9.17, 15) is 13.6 Å². The second kappa shape index (κ2) is 7.50. The van der Waals surface area contributed by atoms with Crippen molar-refractivity contribution >= 4 is 11.6 Å². The van der Waals surface area contributed by atoms with Crippen LogP contribution in [0.5, 0.6) is 0 Å². The lowest BCUT2D eigenvalue weighted by Gasteiger charge is -2.36. The molecular weight excluding hydrogens is 274 g/mol. The first-order chi connectivity index (χ1) is 9.92. The predicted octanol–water partition coefficient (Wildman–Crippen LogP) is 3.66. The molecule has 0 aliphatic carbocycles. The molecule has 0 atom stereocenters. The summed E-state index contributed by atoms with van der Waals surface area (Å²) < 4.78 is 27.0. The number of hydrogen-bond donors (Lipinski definition) is 1. The normalized spacial score (nSPS) is 17.6. The molecule has 1 aliphatic rings. The lowest BCUT2D eigenvalue weighted by Crippen LogP contribution is -2.43. The molecule has 1 saturated heterocycles. The van der Waals surface area contributed by atoms with Gasteiger partial charge in [-0.15, -0.1) is 0 Å². The summed E-state index contributed by atoms with van der Waals surface area (Å²) in [5.41, 5.74) is -0.922. The summed E-state index contributed by atoms with van der Waals surface area (Å²) in [6.07, 6.45) is 1.37. The fourth-order valence-corrected chi connectivity index (χ4v) is 2.22. The molecule has 0 saturated carbocycles. The third-order valence-electron chi connectivity index (χ3n) is 3.84. The van der Waals surface area contributed by atoms with Crippen LogP contribution in [-0.4, -0.2) is 30.9 Å². The first-order valence-electron chi connectivity index (χ1n) is 7.36. The molecule has 2 rings (SSSR count). The van der Waals surface area contributed by atoms with Crippen LogP contribution in [0.25, 0.3) is 0 Å². The van der Waals surface area contributed by atoms with Crippen molar-refractivity contribution in [3.8, 4) is 0 Å². The Balaban J connectivity index is 0.00000106. The van der Waals surface area contributed by atoms with E-state index in [-0.39, 0.29) is 11.6 Å². The van der Waals surface area contributed by atoms with Gasteiger partial charge in [-0.05, 0) is 45.1 Å². The van der Waals surface area contributed by atoms with Crippen LogP contribution in [0, 0.1) is 17.0 Å². The fourth-order valence-electron chi connectivity index (χ4n) is 2.22. The molecule has 1 N–H and O–H groups in total. The Kier molecular flexibility index (Phi) is 6.27. The van der Waals surface area contributed by atoms with Gasteiger partial charge in [0.25, 0.3) is 0 Å². The number of rotatable bonds is 2. The highest BCUT2D eigenvalue weighted by Crippen LogP contribution is 2.32. The van der Waals surface area contributed by atoms with E-state index in [1.54, 1.807) is 0 Å². The quantitative estimate of drug-likeness (QED) is 0.903. The summed E-state index contributed by atoms with van der Waals surface area (Å²) in [4.78, 5) is 14.4. The van der Waals surface area contributed by atoms with Crippen LogP contribution < -0.4 is 5.32 Å². The third-order valence-corrected chi connectivity index (χ3v) is 3.84. The largest absolute Gasteiger partial charge is 0.321 e. The fraction of sp³-hybridized carbons (Fsp3) is 0.562. The van der Waals surface area contributed by atoms with Crippen molar-refractivity contribution in [3.05, 3.63) is 29.8 Å². The van der Waals surface area contributed by atoms with Gasteiger partial charge in [0, 0.05) is 5.41 Å². The van der Waals surface area contributed by atoms with Gasteiger partial charge in [-0.2, -0.15) is 0 Å². The van der Waals surface area contributed by atoms with Crippen LogP contribution >= 0.6 is 0 Å². The maximum atomic E-state index is 13.5. The monoisotopic (exact) mass is 298 g/mol. The van der Waals surface area contributed by atoms with Gasteiger partial charge in [0.05, 0.1) is 0 Å². The molecule has 5 heteroatoms. The van der Waals surface area contributed by atoms with Crippen LogP contribution in [0.4, 0.5) is 14.5 Å². The number of hydrogen-bond acceptors (Lipinski definition) is 2. The summed E-state index contributed by atoms with van der Waals surface area (Å²) in [5.74, 6) is -1.81. The van der Waals surface area contributed by atoms with Gasteiger partial charge in [-0.1, -0.05) is 26.8 Å². The molecule has 0 unspecified atom stereocenters. The van der Waals surface area contributed by atoms with Crippen LogP contribution in [0.1, 0.15) is 33.6 Å². The Hall–Kier alpha value is -1.49. The van der Waals surface area contributed by atoms with Gasteiger partial charge in [0.1, 0.15) is 17.3 Å². The Labute approximate surface area is 125 Å². The summed E-state index contributed by atoms with van der Waals surface area (Å²) in [6, 6.07) is 3.54. The lowest BCUT2D eigenvalue weighted by molar-refractivity contribution is -0.127. The van der Waals surface area contributed by atoms with E-state index in [0.717, 1.165) is 25.2 Å². The Morgan fingerprint density at radius 2 is 1.67 bits per heavy atom. The zero-order valence-corrected chi connectivity index (χ0v) is 13.2. The Morgan fingerprint density at radius 1 is 1.19 bits per heavy atom. The van der Waals surface area contributed by atoms with E-state index < -0.39 is 17.0 Å². The third kappa shape index (κ3) is 4.24. The number of nitrogens with zero attached hydrogens (tertiary/aromatic N) is 1. The Morgan fingerprint density at radius 3 is 2.14 bits per heavy atom. The highest BCUT2D eigenvalue weighted by atomic mass is 19.1.